The Hall–Kier alpha value is -5.41. The van der Waals surface area contributed by atoms with E-state index in [1.807, 2.05) is 60.0 Å². The monoisotopic (exact) mass is 874 g/mol. The maximum atomic E-state index is 9.21. The van der Waals surface area contributed by atoms with E-state index in [9.17, 15) is 10.2 Å². The molecule has 0 saturated carbocycles. The van der Waals surface area contributed by atoms with Crippen LogP contribution in [0, 0.1) is 19.3 Å². The molecular formula is C42H66N8O10S. The number of aryl methyl sites for hydroxylation is 2. The van der Waals surface area contributed by atoms with Crippen LogP contribution in [0.4, 0.5) is 34.1 Å². The van der Waals surface area contributed by atoms with Crippen LogP contribution >= 0.6 is 0 Å². The zero-order valence-corrected chi connectivity index (χ0v) is 36.4. The first-order valence-corrected chi connectivity index (χ1v) is 21.2. The number of nitrogens with two attached hydrogens (primary N) is 4. The van der Waals surface area contributed by atoms with Crippen molar-refractivity contribution >= 4 is 55.9 Å². The molecule has 61 heavy (non-hydrogen) atoms. The van der Waals surface area contributed by atoms with Crippen molar-refractivity contribution in [2.75, 3.05) is 92.8 Å². The lowest BCUT2D eigenvalue weighted by atomic mass is 10.1. The van der Waals surface area contributed by atoms with Gasteiger partial charge in [-0.3, -0.25) is 14.5 Å². The van der Waals surface area contributed by atoms with E-state index >= 15 is 0 Å². The molecule has 19 heteroatoms. The Labute approximate surface area is 359 Å². The summed E-state index contributed by atoms with van der Waals surface area (Å²) < 4.78 is 42.8. The fraction of sp³-hybridized carbons (Fsp3) is 0.429. The van der Waals surface area contributed by atoms with Crippen LogP contribution in [0.25, 0.3) is 0 Å². The third-order valence-electron chi connectivity index (χ3n) is 8.56. The van der Waals surface area contributed by atoms with E-state index in [1.165, 1.54) is 0 Å². The van der Waals surface area contributed by atoms with Gasteiger partial charge in [0.15, 0.2) is 0 Å². The lowest BCUT2D eigenvalue weighted by Crippen LogP contribution is -2.29. The van der Waals surface area contributed by atoms with Crippen LogP contribution in [0.15, 0.2) is 83.2 Å². The van der Waals surface area contributed by atoms with Gasteiger partial charge >= 0.3 is 10.4 Å². The van der Waals surface area contributed by atoms with Crippen LogP contribution in [0.3, 0.4) is 0 Å². The number of benzene rings is 3. The van der Waals surface area contributed by atoms with Crippen molar-refractivity contribution in [1.29, 1.82) is 5.41 Å². The van der Waals surface area contributed by atoms with Gasteiger partial charge in [-0.05, 0) is 98.5 Å². The molecule has 0 aliphatic heterocycles. The third kappa shape index (κ3) is 21.6. The maximum Gasteiger partial charge on any atom is 0.394 e. The van der Waals surface area contributed by atoms with E-state index in [2.05, 4.69) is 18.8 Å². The molecule has 0 amide bonds. The van der Waals surface area contributed by atoms with Gasteiger partial charge in [-0.1, -0.05) is 26.7 Å². The van der Waals surface area contributed by atoms with Gasteiger partial charge in [0.1, 0.15) is 11.5 Å². The Bertz CT molecular complexity index is 1970. The highest BCUT2D eigenvalue weighted by Gasteiger charge is 2.16. The van der Waals surface area contributed by atoms with Crippen LogP contribution in [0.2, 0.25) is 0 Å². The minimum Gasteiger partial charge on any atom is -0.491 e. The molecule has 3 aromatic rings. The van der Waals surface area contributed by atoms with E-state index in [1.54, 1.807) is 30.4 Å². The Balaban J connectivity index is 0.000000472. The fourth-order valence-corrected chi connectivity index (χ4v) is 5.33. The highest BCUT2D eigenvalue weighted by Crippen LogP contribution is 2.27. The van der Waals surface area contributed by atoms with Crippen molar-refractivity contribution in [3.05, 3.63) is 89.3 Å². The predicted octanol–water partition coefficient (Wildman–Crippen LogP) is 4.18. The quantitative estimate of drug-likeness (QED) is 0.0348. The molecule has 0 fully saturated rings. The van der Waals surface area contributed by atoms with E-state index in [0.717, 1.165) is 65.3 Å². The van der Waals surface area contributed by atoms with Gasteiger partial charge in [-0.15, -0.1) is 0 Å². The summed E-state index contributed by atoms with van der Waals surface area (Å²) in [5, 5.41) is 44.4. The van der Waals surface area contributed by atoms with Gasteiger partial charge < -0.3 is 62.6 Å². The molecule has 0 unspecified atom stereocenters. The summed E-state index contributed by atoms with van der Waals surface area (Å²) in [4.78, 5) is 8.46. The van der Waals surface area contributed by atoms with Crippen molar-refractivity contribution in [3.63, 3.8) is 0 Å². The second kappa shape index (κ2) is 28.9. The Morgan fingerprint density at radius 2 is 1.16 bits per heavy atom. The maximum absolute atomic E-state index is 9.21. The van der Waals surface area contributed by atoms with Gasteiger partial charge in [0.25, 0.3) is 0 Å². The number of allylic oxidation sites excluding steroid dienone is 2. The number of nitrogens with zero attached hydrogens (tertiary/aromatic N) is 3. The summed E-state index contributed by atoms with van der Waals surface area (Å²) in [5.74, 6) is 1.28. The lowest BCUT2D eigenvalue weighted by molar-refractivity contribution is 0.215. The van der Waals surface area contributed by atoms with Gasteiger partial charge in [-0.25, -0.2) is 4.99 Å². The standard InChI is InChI=1S/C21H30N4O3.C11H18N2O2.C10H16N2O.H2O4S/c1-3-4-11-28-21-14-20(17(22)13-18(21)23)24-19-6-5-16(12-15(19)2)25(7-9-26)8-10-27;1-9-8-10(2-3-11(9)12)13(4-6-14)5-7-15;1-2-3-6-13-10-5-4-8(11)7-9(10)12;1-5(2,3)4/h5-6,12-14,22,26-27H,3-4,7-11,23H2,1-2H3;2-3,8,14-15H,4-7,12H2,1H3;4-5,7H,2-3,6,11-12H2,1H3;(H2,1,2,3,4). The van der Waals surface area contributed by atoms with E-state index in [4.69, 9.17) is 65.6 Å². The summed E-state index contributed by atoms with van der Waals surface area (Å²) in [5.41, 5.74) is 30.7. The summed E-state index contributed by atoms with van der Waals surface area (Å²) in [6.07, 6.45) is 7.41. The summed E-state index contributed by atoms with van der Waals surface area (Å²) >= 11 is 0. The van der Waals surface area contributed by atoms with Crippen LogP contribution in [-0.2, 0) is 15.1 Å². The van der Waals surface area contributed by atoms with Crippen LogP contribution in [0.5, 0.6) is 5.75 Å². The smallest absolute Gasteiger partial charge is 0.394 e. The number of ether oxygens (including phenoxy) is 2. The molecule has 0 radical (unpaired) electrons. The molecule has 0 bridgehead atoms. The zero-order valence-electron chi connectivity index (χ0n) is 35.6. The molecular weight excluding hydrogens is 809 g/mol. The minimum atomic E-state index is -4.67. The third-order valence-corrected chi connectivity index (χ3v) is 8.56. The number of unbranched alkanes of at least 4 members (excludes halogenated alkanes) is 2. The zero-order chi connectivity index (χ0) is 46.0. The van der Waals surface area contributed by atoms with Crippen molar-refractivity contribution in [1.82, 2.24) is 0 Å². The molecule has 0 saturated heterocycles. The topological polar surface area (TPSA) is 321 Å². The molecule has 15 N–H and O–H groups in total. The Morgan fingerprint density at radius 1 is 0.672 bits per heavy atom. The van der Waals surface area contributed by atoms with Crippen LogP contribution < -0.4 is 37.5 Å². The predicted molar refractivity (Wildman–Crippen MR) is 245 cm³/mol. The van der Waals surface area contributed by atoms with Crippen molar-refractivity contribution in [3.8, 4) is 5.75 Å². The molecule has 0 spiro atoms. The normalized spacial score (nSPS) is 12.7. The van der Waals surface area contributed by atoms with E-state index < -0.39 is 10.4 Å². The van der Waals surface area contributed by atoms with Crippen LogP contribution in [0.1, 0.15) is 50.7 Å². The van der Waals surface area contributed by atoms with Gasteiger partial charge in [0.05, 0.1) is 68.1 Å². The fourth-order valence-electron chi connectivity index (χ4n) is 5.33. The Kier molecular flexibility index (Phi) is 25.4. The van der Waals surface area contributed by atoms with E-state index in [0.29, 0.717) is 67.9 Å². The summed E-state index contributed by atoms with van der Waals surface area (Å²) in [7, 11) is -4.67. The first kappa shape index (κ1) is 53.6. The summed E-state index contributed by atoms with van der Waals surface area (Å²) in [6, 6.07) is 16.7. The second-order valence-electron chi connectivity index (χ2n) is 13.5. The van der Waals surface area contributed by atoms with Gasteiger partial charge in [-0.2, -0.15) is 8.42 Å². The molecule has 3 aromatic carbocycles. The second-order valence-corrected chi connectivity index (χ2v) is 14.4. The number of aliphatic hydroxyl groups is 4. The average molecular weight is 875 g/mol. The molecule has 4 rings (SSSR count). The average Bonchev–Trinajstić information content (AvgIpc) is 3.19. The number of anilines is 5. The lowest BCUT2D eigenvalue weighted by Gasteiger charge is -2.23. The number of hydrogen-bond donors (Lipinski definition) is 11. The highest BCUT2D eigenvalue weighted by molar-refractivity contribution is 7.79. The molecule has 18 nitrogen and oxygen atoms in total. The number of hydrogen-bond acceptors (Lipinski definition) is 16. The first-order valence-electron chi connectivity index (χ1n) is 19.8. The van der Waals surface area contributed by atoms with Gasteiger partial charge in [0.2, 0.25) is 0 Å². The van der Waals surface area contributed by atoms with E-state index in [-0.39, 0.29) is 32.1 Å². The minimum absolute atomic E-state index is 0.0135. The van der Waals surface area contributed by atoms with Gasteiger partial charge in [0, 0.05) is 55.0 Å². The Morgan fingerprint density at radius 3 is 1.62 bits per heavy atom. The SMILES string of the molecule is CCCCOC1=CC(=Nc2ccc(N(CCO)CCO)cc2C)C(=N)C=C1N.CCCCOc1ccc(N)cc1N.Cc1cc(N(CCO)CCO)ccc1N.O=S(=O)(O)O. The molecule has 0 atom stereocenters. The first-order chi connectivity index (χ1) is 28.9. The molecule has 0 aromatic heterocycles. The van der Waals surface area contributed by atoms with Crippen LogP contribution in [-0.4, -0.2) is 115 Å². The van der Waals surface area contributed by atoms with Crippen molar-refractivity contribution in [2.45, 2.75) is 53.4 Å². The van der Waals surface area contributed by atoms with Crippen molar-refractivity contribution in [2.24, 2.45) is 10.7 Å². The van der Waals surface area contributed by atoms with Crippen molar-refractivity contribution < 1.29 is 47.4 Å². The largest absolute Gasteiger partial charge is 0.491 e. The number of nitrogen functional groups attached to an aromatic ring is 3. The number of rotatable bonds is 19. The molecule has 1 aliphatic rings. The molecule has 0 heterocycles. The number of aliphatic hydroxyl groups excluding tert-OH is 4. The highest BCUT2D eigenvalue weighted by atomic mass is 32.3. The number of aliphatic imine (C=N–C) groups is 1. The summed E-state index contributed by atoms with van der Waals surface area (Å²) in [6.45, 7) is 11.5. The number of nitrogens with one attached hydrogen (secondary N) is 1. The molecule has 1 aliphatic carbocycles. The molecule has 340 valence electrons.